The molecule has 3 rings (SSSR count). The molecule has 2 aromatic rings. The third-order valence-electron chi connectivity index (χ3n) is 5.73. The molecule has 1 saturated carbocycles. The van der Waals surface area contributed by atoms with E-state index in [0.29, 0.717) is 25.9 Å². The molecule has 0 saturated heterocycles. The van der Waals surface area contributed by atoms with E-state index in [9.17, 15) is 9.59 Å². The summed E-state index contributed by atoms with van der Waals surface area (Å²) in [5.41, 5.74) is 2.02. The van der Waals surface area contributed by atoms with E-state index >= 15 is 0 Å². The second kappa shape index (κ2) is 9.12. The Morgan fingerprint density at radius 3 is 2.03 bits per heavy atom. The van der Waals surface area contributed by atoms with E-state index in [1.54, 1.807) is 4.90 Å². The van der Waals surface area contributed by atoms with E-state index in [4.69, 9.17) is 0 Å². The predicted octanol–water partition coefficient (Wildman–Crippen LogP) is 4.30. The van der Waals surface area contributed by atoms with Crippen molar-refractivity contribution < 1.29 is 9.59 Å². The zero-order chi connectivity index (χ0) is 20.9. The number of nitrogens with one attached hydrogen (secondary N) is 1. The summed E-state index contributed by atoms with van der Waals surface area (Å²) in [6, 6.07) is 17.8. The van der Waals surface area contributed by atoms with Gasteiger partial charge in [-0.3, -0.25) is 9.59 Å². The summed E-state index contributed by atoms with van der Waals surface area (Å²) < 4.78 is 0. The number of carbonyl (C=O) groups is 2. The smallest absolute Gasteiger partial charge is 0.240 e. The zero-order valence-corrected chi connectivity index (χ0v) is 17.6. The van der Waals surface area contributed by atoms with Crippen LogP contribution >= 0.6 is 0 Å². The average Bonchev–Trinajstić information content (AvgIpc) is 3.56. The van der Waals surface area contributed by atoms with Gasteiger partial charge in [0.05, 0.1) is 0 Å². The molecule has 0 radical (unpaired) electrons. The van der Waals surface area contributed by atoms with E-state index in [2.05, 4.69) is 24.1 Å². The lowest BCUT2D eigenvalue weighted by atomic mass is 10.0. The van der Waals surface area contributed by atoms with Gasteiger partial charge in [-0.25, -0.2) is 0 Å². The van der Waals surface area contributed by atoms with Crippen molar-refractivity contribution in [3.63, 3.8) is 0 Å². The van der Waals surface area contributed by atoms with Crippen molar-refractivity contribution >= 4 is 23.2 Å². The van der Waals surface area contributed by atoms with E-state index in [-0.39, 0.29) is 11.8 Å². The Morgan fingerprint density at radius 1 is 0.897 bits per heavy atom. The maximum Gasteiger partial charge on any atom is 0.240 e. The van der Waals surface area contributed by atoms with Crippen molar-refractivity contribution in [2.24, 2.45) is 5.41 Å². The Morgan fingerprint density at radius 2 is 1.52 bits per heavy atom. The van der Waals surface area contributed by atoms with Crippen molar-refractivity contribution in [2.45, 2.75) is 40.2 Å². The number of hydrogen-bond acceptors (Lipinski definition) is 3. The molecule has 0 atom stereocenters. The first kappa shape index (κ1) is 20.9. The molecule has 1 aliphatic rings. The van der Waals surface area contributed by atoms with Crippen LogP contribution in [0.1, 0.15) is 39.2 Å². The molecule has 0 aromatic heterocycles. The second-order valence-electron chi connectivity index (χ2n) is 7.56. The molecule has 0 spiro atoms. The van der Waals surface area contributed by atoms with Gasteiger partial charge in [-0.1, -0.05) is 30.3 Å². The minimum Gasteiger partial charge on any atom is -0.372 e. The minimum absolute atomic E-state index is 0.0684. The predicted molar refractivity (Wildman–Crippen MR) is 118 cm³/mol. The third-order valence-corrected chi connectivity index (χ3v) is 5.73. The van der Waals surface area contributed by atoms with Crippen LogP contribution in [0.2, 0.25) is 0 Å². The van der Waals surface area contributed by atoms with Gasteiger partial charge in [-0.05, 0) is 63.4 Å². The molecule has 1 aliphatic carbocycles. The topological polar surface area (TPSA) is 52.7 Å². The van der Waals surface area contributed by atoms with Crippen LogP contribution in [-0.2, 0) is 16.1 Å². The summed E-state index contributed by atoms with van der Waals surface area (Å²) >= 11 is 0. The number of carbonyl (C=O) groups excluding carboxylic acids is 2. The normalized spacial score (nSPS) is 14.2. The standard InChI is InChI=1S/C24H31N3O2/c1-4-26(5-2)21-14-12-20(13-15-21)25-22(28)24(16-17-24)23(29)27(6-3)18-19-10-8-7-9-11-19/h7-15H,4-6,16-18H2,1-3H3,(H,25,28). The minimum atomic E-state index is -0.914. The van der Waals surface area contributed by atoms with Gasteiger partial charge in [0.15, 0.2) is 0 Å². The third kappa shape index (κ3) is 4.61. The van der Waals surface area contributed by atoms with Crippen LogP contribution in [0.25, 0.3) is 0 Å². The molecule has 2 aromatic carbocycles. The zero-order valence-electron chi connectivity index (χ0n) is 17.6. The number of benzene rings is 2. The quantitative estimate of drug-likeness (QED) is 0.646. The van der Waals surface area contributed by atoms with Crippen molar-refractivity contribution in [1.82, 2.24) is 4.90 Å². The molecule has 5 nitrogen and oxygen atoms in total. The molecular formula is C24H31N3O2. The monoisotopic (exact) mass is 393 g/mol. The van der Waals surface area contributed by atoms with Gasteiger partial charge in [0.25, 0.3) is 0 Å². The fourth-order valence-electron chi connectivity index (χ4n) is 3.69. The Kier molecular flexibility index (Phi) is 6.57. The van der Waals surface area contributed by atoms with Crippen LogP contribution in [0.5, 0.6) is 0 Å². The molecular weight excluding hydrogens is 362 g/mol. The molecule has 2 amide bonds. The summed E-state index contributed by atoms with van der Waals surface area (Å²) in [5.74, 6) is -0.259. The number of hydrogen-bond donors (Lipinski definition) is 1. The lowest BCUT2D eigenvalue weighted by molar-refractivity contribution is -0.142. The summed E-state index contributed by atoms with van der Waals surface area (Å²) in [5, 5.41) is 2.97. The maximum atomic E-state index is 13.2. The van der Waals surface area contributed by atoms with E-state index < -0.39 is 5.41 Å². The SMILES string of the molecule is CCN(Cc1ccccc1)C(=O)C1(C(=O)Nc2ccc(N(CC)CC)cc2)CC1. The van der Waals surface area contributed by atoms with E-state index in [0.717, 1.165) is 30.0 Å². The van der Waals surface area contributed by atoms with Gasteiger partial charge in [-0.2, -0.15) is 0 Å². The van der Waals surface area contributed by atoms with Crippen LogP contribution in [-0.4, -0.2) is 36.3 Å². The van der Waals surface area contributed by atoms with Gasteiger partial charge < -0.3 is 15.1 Å². The highest BCUT2D eigenvalue weighted by atomic mass is 16.2. The molecule has 5 heteroatoms. The lowest BCUT2D eigenvalue weighted by Gasteiger charge is -2.26. The summed E-state index contributed by atoms with van der Waals surface area (Å²) in [6.45, 7) is 9.20. The Bertz CT molecular complexity index is 825. The summed E-state index contributed by atoms with van der Waals surface area (Å²) in [7, 11) is 0. The van der Waals surface area contributed by atoms with Crippen molar-refractivity contribution in [3.8, 4) is 0 Å². The summed E-state index contributed by atoms with van der Waals surface area (Å²) in [4.78, 5) is 30.2. The Hall–Kier alpha value is -2.82. The first-order valence-electron chi connectivity index (χ1n) is 10.5. The number of rotatable bonds is 9. The number of anilines is 2. The van der Waals surface area contributed by atoms with Crippen LogP contribution in [0.4, 0.5) is 11.4 Å². The van der Waals surface area contributed by atoms with Crippen molar-refractivity contribution in [1.29, 1.82) is 0 Å². The highest BCUT2D eigenvalue weighted by Gasteiger charge is 2.57. The molecule has 0 aliphatic heterocycles. The highest BCUT2D eigenvalue weighted by Crippen LogP contribution is 2.48. The van der Waals surface area contributed by atoms with Crippen molar-refractivity contribution in [3.05, 3.63) is 60.2 Å². The van der Waals surface area contributed by atoms with Crippen LogP contribution in [0, 0.1) is 5.41 Å². The number of nitrogens with zero attached hydrogens (tertiary/aromatic N) is 2. The van der Waals surface area contributed by atoms with Gasteiger partial charge in [0.2, 0.25) is 11.8 Å². The molecule has 0 bridgehead atoms. The molecule has 154 valence electrons. The Balaban J connectivity index is 1.67. The van der Waals surface area contributed by atoms with Crippen LogP contribution < -0.4 is 10.2 Å². The van der Waals surface area contributed by atoms with Gasteiger partial charge in [0.1, 0.15) is 5.41 Å². The van der Waals surface area contributed by atoms with Crippen LogP contribution in [0.15, 0.2) is 54.6 Å². The van der Waals surface area contributed by atoms with Crippen LogP contribution in [0.3, 0.4) is 0 Å². The highest BCUT2D eigenvalue weighted by molar-refractivity contribution is 6.13. The van der Waals surface area contributed by atoms with Crippen molar-refractivity contribution in [2.75, 3.05) is 29.9 Å². The molecule has 1 N–H and O–H groups in total. The molecule has 29 heavy (non-hydrogen) atoms. The Labute approximate surface area is 173 Å². The fraction of sp³-hybridized carbons (Fsp3) is 0.417. The molecule has 0 heterocycles. The van der Waals surface area contributed by atoms with Gasteiger partial charge in [-0.15, -0.1) is 0 Å². The largest absolute Gasteiger partial charge is 0.372 e. The molecule has 0 unspecified atom stereocenters. The van der Waals surface area contributed by atoms with Gasteiger partial charge >= 0.3 is 0 Å². The second-order valence-corrected chi connectivity index (χ2v) is 7.56. The number of amides is 2. The molecule has 1 fully saturated rings. The summed E-state index contributed by atoms with van der Waals surface area (Å²) in [6.07, 6.45) is 1.22. The first-order valence-corrected chi connectivity index (χ1v) is 10.5. The average molecular weight is 394 g/mol. The van der Waals surface area contributed by atoms with E-state index in [1.165, 1.54) is 0 Å². The fourth-order valence-corrected chi connectivity index (χ4v) is 3.69. The first-order chi connectivity index (χ1) is 14.0. The van der Waals surface area contributed by atoms with E-state index in [1.807, 2.05) is 61.5 Å². The van der Waals surface area contributed by atoms with Gasteiger partial charge in [0, 0.05) is 37.6 Å². The lowest BCUT2D eigenvalue weighted by Crippen LogP contribution is -2.42. The maximum absolute atomic E-state index is 13.2.